The van der Waals surface area contributed by atoms with Crippen molar-refractivity contribution in [3.63, 3.8) is 0 Å². The summed E-state index contributed by atoms with van der Waals surface area (Å²) in [5.41, 5.74) is 1.05. The molecule has 1 aromatic heterocycles. The molecule has 0 radical (unpaired) electrons. The average Bonchev–Trinajstić information content (AvgIpc) is 2.78. The second-order valence-corrected chi connectivity index (χ2v) is 6.95. The summed E-state index contributed by atoms with van der Waals surface area (Å²) < 4.78 is 11.0. The van der Waals surface area contributed by atoms with Crippen molar-refractivity contribution in [2.45, 2.75) is 6.92 Å². The van der Waals surface area contributed by atoms with Crippen LogP contribution in [0.15, 0.2) is 36.4 Å². The summed E-state index contributed by atoms with van der Waals surface area (Å²) in [5, 5.41) is 2.80. The quantitative estimate of drug-likeness (QED) is 0.850. The molecule has 2 aliphatic rings. The fourth-order valence-electron chi connectivity index (χ4n) is 3.43. The van der Waals surface area contributed by atoms with Gasteiger partial charge >= 0.3 is 0 Å². The molecular weight excluding hydrogens is 372 g/mol. The molecule has 8 nitrogen and oxygen atoms in total. The van der Waals surface area contributed by atoms with Crippen LogP contribution in [0.4, 0.5) is 5.69 Å². The molecule has 2 amide bonds. The molecule has 0 unspecified atom stereocenters. The summed E-state index contributed by atoms with van der Waals surface area (Å²) in [4.78, 5) is 33.8. The van der Waals surface area contributed by atoms with Crippen LogP contribution in [0.1, 0.15) is 27.9 Å². The Balaban J connectivity index is 1.44. The summed E-state index contributed by atoms with van der Waals surface area (Å²) >= 11 is 0. The topological polar surface area (TPSA) is 84.0 Å². The van der Waals surface area contributed by atoms with E-state index in [1.165, 1.54) is 0 Å². The molecule has 152 valence electrons. The molecule has 1 saturated heterocycles. The zero-order chi connectivity index (χ0) is 20.2. The van der Waals surface area contributed by atoms with Crippen molar-refractivity contribution >= 4 is 17.5 Å². The number of likely N-dealkylation sites (N-methyl/N-ethyl adjacent to an activating group) is 1. The zero-order valence-electron chi connectivity index (χ0n) is 16.4. The normalized spacial score (nSPS) is 16.4. The second-order valence-electron chi connectivity index (χ2n) is 6.95. The van der Waals surface area contributed by atoms with E-state index >= 15 is 0 Å². The number of carbonyl (C=O) groups is 2. The van der Waals surface area contributed by atoms with Gasteiger partial charge in [0, 0.05) is 37.9 Å². The minimum absolute atomic E-state index is 0.144. The molecule has 0 atom stereocenters. The molecular formula is C21H24N4O4. The molecule has 0 bridgehead atoms. The molecule has 29 heavy (non-hydrogen) atoms. The molecule has 1 aromatic carbocycles. The number of pyridine rings is 1. The molecule has 4 rings (SSSR count). The van der Waals surface area contributed by atoms with Crippen molar-refractivity contribution < 1.29 is 19.1 Å². The predicted octanol–water partition coefficient (Wildman–Crippen LogP) is 1.88. The number of anilines is 1. The zero-order valence-corrected chi connectivity index (χ0v) is 16.4. The van der Waals surface area contributed by atoms with E-state index in [1.807, 2.05) is 0 Å². The van der Waals surface area contributed by atoms with E-state index in [2.05, 4.69) is 22.1 Å². The number of benzene rings is 1. The number of rotatable bonds is 4. The molecule has 0 aliphatic carbocycles. The van der Waals surface area contributed by atoms with Crippen LogP contribution in [-0.4, -0.2) is 72.5 Å². The third-order valence-electron chi connectivity index (χ3n) is 5.11. The van der Waals surface area contributed by atoms with Crippen LogP contribution >= 0.6 is 0 Å². The van der Waals surface area contributed by atoms with Crippen LogP contribution in [0.5, 0.6) is 11.5 Å². The molecule has 3 heterocycles. The van der Waals surface area contributed by atoms with Gasteiger partial charge in [0.2, 0.25) is 0 Å². The van der Waals surface area contributed by atoms with Crippen LogP contribution in [0.25, 0.3) is 0 Å². The number of piperazine rings is 1. The van der Waals surface area contributed by atoms with Crippen LogP contribution in [0, 0.1) is 0 Å². The summed E-state index contributed by atoms with van der Waals surface area (Å²) in [7, 11) is 0. The lowest BCUT2D eigenvalue weighted by Gasteiger charge is -2.33. The minimum Gasteiger partial charge on any atom is -0.486 e. The summed E-state index contributed by atoms with van der Waals surface area (Å²) in [5.74, 6) is 0.724. The van der Waals surface area contributed by atoms with Crippen molar-refractivity contribution in [3.05, 3.63) is 47.8 Å². The van der Waals surface area contributed by atoms with E-state index in [9.17, 15) is 9.59 Å². The number of ether oxygens (including phenoxy) is 2. The first-order chi connectivity index (χ1) is 14.1. The molecule has 1 fully saturated rings. The van der Waals surface area contributed by atoms with Crippen molar-refractivity contribution in [1.82, 2.24) is 14.8 Å². The lowest BCUT2D eigenvalue weighted by Crippen LogP contribution is -2.48. The molecule has 2 aromatic rings. The monoisotopic (exact) mass is 396 g/mol. The average molecular weight is 396 g/mol. The Hall–Kier alpha value is -3.13. The Morgan fingerprint density at radius 3 is 2.48 bits per heavy atom. The van der Waals surface area contributed by atoms with Crippen molar-refractivity contribution in [3.8, 4) is 11.5 Å². The number of aromatic nitrogens is 1. The third-order valence-corrected chi connectivity index (χ3v) is 5.11. The highest BCUT2D eigenvalue weighted by Crippen LogP contribution is 2.32. The van der Waals surface area contributed by atoms with Crippen molar-refractivity contribution in [1.29, 1.82) is 0 Å². The van der Waals surface area contributed by atoms with Gasteiger partial charge in [0.25, 0.3) is 11.8 Å². The van der Waals surface area contributed by atoms with Crippen LogP contribution in [0.2, 0.25) is 0 Å². The van der Waals surface area contributed by atoms with Gasteiger partial charge in [-0.1, -0.05) is 13.0 Å². The Morgan fingerprint density at radius 2 is 1.72 bits per heavy atom. The van der Waals surface area contributed by atoms with Gasteiger partial charge in [-0.15, -0.1) is 0 Å². The number of nitrogens with zero attached hydrogens (tertiary/aromatic N) is 3. The standard InChI is InChI=1S/C21H24N4O4/c1-2-24-8-10-25(11-9-24)21(27)17-5-3-4-16(23-17)20(26)22-15-6-7-18-19(14-15)29-13-12-28-18/h3-7,14H,2,8-13H2,1H3,(H,22,26). The predicted molar refractivity (Wildman–Crippen MR) is 108 cm³/mol. The van der Waals surface area contributed by atoms with Gasteiger partial charge in [0.15, 0.2) is 11.5 Å². The smallest absolute Gasteiger partial charge is 0.274 e. The van der Waals surface area contributed by atoms with E-state index in [1.54, 1.807) is 41.3 Å². The number of amides is 2. The fourth-order valence-corrected chi connectivity index (χ4v) is 3.43. The number of nitrogens with one attached hydrogen (secondary N) is 1. The Bertz CT molecular complexity index is 909. The van der Waals surface area contributed by atoms with Gasteiger partial charge in [0.1, 0.15) is 24.6 Å². The number of hydrogen-bond donors (Lipinski definition) is 1. The van der Waals surface area contributed by atoms with E-state index in [0.29, 0.717) is 43.5 Å². The SMILES string of the molecule is CCN1CCN(C(=O)c2cccc(C(=O)Nc3ccc4c(c3)OCCO4)n2)CC1. The van der Waals surface area contributed by atoms with E-state index in [-0.39, 0.29) is 23.2 Å². The lowest BCUT2D eigenvalue weighted by molar-refractivity contribution is 0.0637. The van der Waals surface area contributed by atoms with Gasteiger partial charge in [-0.05, 0) is 30.8 Å². The molecule has 0 spiro atoms. The van der Waals surface area contributed by atoms with Crippen LogP contribution in [-0.2, 0) is 0 Å². The van der Waals surface area contributed by atoms with Crippen molar-refractivity contribution in [2.24, 2.45) is 0 Å². The molecule has 8 heteroatoms. The Kier molecular flexibility index (Phi) is 5.62. The van der Waals surface area contributed by atoms with Crippen LogP contribution < -0.4 is 14.8 Å². The van der Waals surface area contributed by atoms with Gasteiger partial charge in [-0.3, -0.25) is 9.59 Å². The number of carbonyl (C=O) groups excluding carboxylic acids is 2. The number of fused-ring (bicyclic) bond motifs is 1. The Labute approximate surface area is 169 Å². The maximum absolute atomic E-state index is 12.8. The van der Waals surface area contributed by atoms with Gasteiger partial charge in [-0.25, -0.2) is 4.98 Å². The van der Waals surface area contributed by atoms with Crippen molar-refractivity contribution in [2.75, 3.05) is 51.3 Å². The maximum atomic E-state index is 12.8. The van der Waals surface area contributed by atoms with Gasteiger partial charge in [0.05, 0.1) is 0 Å². The van der Waals surface area contributed by atoms with Gasteiger partial charge < -0.3 is 24.6 Å². The molecule has 0 saturated carbocycles. The largest absolute Gasteiger partial charge is 0.486 e. The molecule has 2 aliphatic heterocycles. The summed E-state index contributed by atoms with van der Waals surface area (Å²) in [6, 6.07) is 10.1. The second kappa shape index (κ2) is 8.48. The van der Waals surface area contributed by atoms with Crippen LogP contribution in [0.3, 0.4) is 0 Å². The third kappa shape index (κ3) is 4.32. The number of hydrogen-bond acceptors (Lipinski definition) is 6. The highest BCUT2D eigenvalue weighted by molar-refractivity contribution is 6.04. The lowest BCUT2D eigenvalue weighted by atomic mass is 10.2. The highest BCUT2D eigenvalue weighted by Gasteiger charge is 2.23. The molecule has 1 N–H and O–H groups in total. The summed E-state index contributed by atoms with van der Waals surface area (Å²) in [6.45, 7) is 7.13. The Morgan fingerprint density at radius 1 is 1.00 bits per heavy atom. The van der Waals surface area contributed by atoms with E-state index in [4.69, 9.17) is 9.47 Å². The minimum atomic E-state index is -0.382. The van der Waals surface area contributed by atoms with Gasteiger partial charge in [-0.2, -0.15) is 0 Å². The highest BCUT2D eigenvalue weighted by atomic mass is 16.6. The first-order valence-electron chi connectivity index (χ1n) is 9.83. The fraction of sp³-hybridized carbons (Fsp3) is 0.381. The van der Waals surface area contributed by atoms with E-state index in [0.717, 1.165) is 19.6 Å². The summed E-state index contributed by atoms with van der Waals surface area (Å²) in [6.07, 6.45) is 0. The van der Waals surface area contributed by atoms with E-state index < -0.39 is 0 Å². The first-order valence-corrected chi connectivity index (χ1v) is 9.83. The maximum Gasteiger partial charge on any atom is 0.274 e. The first kappa shape index (κ1) is 19.2.